The van der Waals surface area contributed by atoms with Crippen LogP contribution < -0.4 is 19.7 Å². The number of hydrogen-bond donors (Lipinski definition) is 1. The molecule has 1 saturated heterocycles. The van der Waals surface area contributed by atoms with Crippen LogP contribution in [0.25, 0.3) is 0 Å². The first-order chi connectivity index (χ1) is 18.2. The van der Waals surface area contributed by atoms with Gasteiger partial charge in [0.1, 0.15) is 11.4 Å². The smallest absolute Gasteiger partial charge is 0.410 e. The van der Waals surface area contributed by atoms with Gasteiger partial charge in [0, 0.05) is 43.3 Å². The Balaban J connectivity index is 1.39. The molecule has 38 heavy (non-hydrogen) atoms. The van der Waals surface area contributed by atoms with E-state index in [-0.39, 0.29) is 23.7 Å². The van der Waals surface area contributed by atoms with Crippen molar-refractivity contribution >= 4 is 29.0 Å². The van der Waals surface area contributed by atoms with E-state index in [4.69, 9.17) is 21.1 Å². The average molecular weight is 550 g/mol. The van der Waals surface area contributed by atoms with Gasteiger partial charge in [-0.1, -0.05) is 23.7 Å². The molecule has 202 valence electrons. The Morgan fingerprint density at radius 1 is 1.05 bits per heavy atom. The number of carbonyl (C=O) groups excluding carboxylic acids is 1. The monoisotopic (exact) mass is 549 g/mol. The molecular weight excluding hydrogens is 523 g/mol. The first-order valence-corrected chi connectivity index (χ1v) is 12.5. The van der Waals surface area contributed by atoms with Crippen LogP contribution in [0.15, 0.2) is 48.7 Å². The highest BCUT2D eigenvalue weighted by Crippen LogP contribution is 2.45. The maximum absolute atomic E-state index is 14.1. The van der Waals surface area contributed by atoms with Gasteiger partial charge < -0.3 is 24.6 Å². The summed E-state index contributed by atoms with van der Waals surface area (Å²) < 4.78 is 53.9. The molecule has 1 aromatic heterocycles. The van der Waals surface area contributed by atoms with Crippen molar-refractivity contribution in [2.45, 2.75) is 24.7 Å². The molecule has 2 aliphatic rings. The lowest BCUT2D eigenvalue weighted by atomic mass is 9.96. The summed E-state index contributed by atoms with van der Waals surface area (Å²) in [5, 5.41) is 7.77. The van der Waals surface area contributed by atoms with E-state index in [1.807, 2.05) is 18.2 Å². The molecule has 2 atom stereocenters. The number of alkyl halides is 3. The Morgan fingerprint density at radius 2 is 1.79 bits per heavy atom. The third-order valence-corrected chi connectivity index (χ3v) is 7.25. The molecule has 0 aliphatic carbocycles. The summed E-state index contributed by atoms with van der Waals surface area (Å²) in [6, 6.07) is 9.85. The fourth-order valence-electron chi connectivity index (χ4n) is 5.02. The Bertz CT molecular complexity index is 1320. The number of rotatable bonds is 5. The first-order valence-electron chi connectivity index (χ1n) is 12.1. The van der Waals surface area contributed by atoms with Crippen molar-refractivity contribution in [1.29, 1.82) is 0 Å². The maximum atomic E-state index is 14.1. The summed E-state index contributed by atoms with van der Waals surface area (Å²) >= 11 is 6.11. The molecule has 1 fully saturated rings. The number of piperazine rings is 1. The Hall–Kier alpha value is -3.60. The molecule has 3 aromatic rings. The lowest BCUT2D eigenvalue weighted by molar-refractivity contribution is -0.173. The van der Waals surface area contributed by atoms with Crippen LogP contribution in [0.5, 0.6) is 11.5 Å². The van der Waals surface area contributed by atoms with Crippen LogP contribution in [0.4, 0.5) is 24.7 Å². The van der Waals surface area contributed by atoms with Crippen molar-refractivity contribution in [1.82, 2.24) is 14.7 Å². The van der Waals surface area contributed by atoms with Crippen LogP contribution >= 0.6 is 11.6 Å². The topological polar surface area (TPSA) is 71.9 Å². The van der Waals surface area contributed by atoms with E-state index in [0.29, 0.717) is 48.3 Å². The van der Waals surface area contributed by atoms with Gasteiger partial charge in [0.25, 0.3) is 5.91 Å². The zero-order valence-electron chi connectivity index (χ0n) is 20.8. The van der Waals surface area contributed by atoms with Crippen molar-refractivity contribution in [3.8, 4) is 11.5 Å². The Labute approximate surface area is 222 Å². The minimum absolute atomic E-state index is 0.0561. The standard InChI is InChI=1S/C26H27ClF3N5O3/c1-37-21-7-6-16(12-22(21)38-2)20-14-23(26(28,29)30)35-24(32-20)19(15-31-35)25(36)34-10-8-33(9-11-34)18-5-3-4-17(27)13-18/h3-7,12-13,15,20,23,32H,8-11,14H2,1-2H3/t20-,23+/m0/s1. The molecule has 2 aromatic carbocycles. The number of amides is 1. The van der Waals surface area contributed by atoms with Crippen LogP contribution in [-0.2, 0) is 0 Å². The van der Waals surface area contributed by atoms with E-state index < -0.39 is 18.3 Å². The molecule has 3 heterocycles. The summed E-state index contributed by atoms with van der Waals surface area (Å²) in [5.74, 6) is 0.569. The number of methoxy groups -OCH3 is 2. The number of anilines is 2. The predicted octanol–water partition coefficient (Wildman–Crippen LogP) is 5.18. The Kier molecular flexibility index (Phi) is 7.04. The minimum atomic E-state index is -4.55. The molecular formula is C26H27ClF3N5O3. The Morgan fingerprint density at radius 3 is 2.45 bits per heavy atom. The lowest BCUT2D eigenvalue weighted by Crippen LogP contribution is -2.49. The minimum Gasteiger partial charge on any atom is -0.493 e. The fourth-order valence-corrected chi connectivity index (χ4v) is 5.20. The summed E-state index contributed by atoms with van der Waals surface area (Å²) in [6.07, 6.45) is -3.62. The van der Waals surface area contributed by atoms with Gasteiger partial charge in [-0.25, -0.2) is 4.68 Å². The number of benzene rings is 2. The molecule has 0 unspecified atom stereocenters. The number of fused-ring (bicyclic) bond motifs is 1. The summed E-state index contributed by atoms with van der Waals surface area (Å²) in [5.41, 5.74) is 1.65. The molecule has 1 N–H and O–H groups in total. The second kappa shape index (κ2) is 10.3. The van der Waals surface area contributed by atoms with E-state index in [1.165, 1.54) is 20.4 Å². The first kappa shape index (κ1) is 26.0. The van der Waals surface area contributed by atoms with Crippen molar-refractivity contribution in [2.75, 3.05) is 50.6 Å². The third-order valence-electron chi connectivity index (χ3n) is 7.02. The highest BCUT2D eigenvalue weighted by Gasteiger charge is 2.47. The van der Waals surface area contributed by atoms with E-state index in [9.17, 15) is 18.0 Å². The van der Waals surface area contributed by atoms with Crippen LogP contribution in [0, 0.1) is 0 Å². The summed E-state index contributed by atoms with van der Waals surface area (Å²) in [6.45, 7) is 1.97. The van der Waals surface area contributed by atoms with E-state index in [0.717, 1.165) is 10.4 Å². The molecule has 1 amide bonds. The number of hydrogen-bond acceptors (Lipinski definition) is 6. The van der Waals surface area contributed by atoms with Gasteiger partial charge in [-0.2, -0.15) is 18.3 Å². The number of ether oxygens (including phenoxy) is 2. The number of carbonyl (C=O) groups is 1. The van der Waals surface area contributed by atoms with E-state index >= 15 is 0 Å². The number of aromatic nitrogens is 2. The van der Waals surface area contributed by atoms with Gasteiger partial charge in [-0.05, 0) is 35.9 Å². The van der Waals surface area contributed by atoms with Crippen molar-refractivity contribution in [3.63, 3.8) is 0 Å². The molecule has 12 heteroatoms. The normalized spacial score (nSPS) is 19.5. The second-order valence-corrected chi connectivity index (χ2v) is 9.65. The van der Waals surface area contributed by atoms with Gasteiger partial charge in [0.05, 0.1) is 26.5 Å². The average Bonchev–Trinajstić information content (AvgIpc) is 3.35. The van der Waals surface area contributed by atoms with Gasteiger partial charge in [-0.15, -0.1) is 0 Å². The summed E-state index contributed by atoms with van der Waals surface area (Å²) in [4.78, 5) is 17.3. The van der Waals surface area contributed by atoms with Crippen molar-refractivity contribution in [2.24, 2.45) is 0 Å². The molecule has 8 nitrogen and oxygen atoms in total. The lowest BCUT2D eigenvalue weighted by Gasteiger charge is -2.37. The SMILES string of the molecule is COc1ccc([C@@H]2C[C@H](C(F)(F)F)n3ncc(C(=O)N4CCN(c5cccc(Cl)c5)CC4)c3N2)cc1OC. The third kappa shape index (κ3) is 4.94. The quantitative estimate of drug-likeness (QED) is 0.473. The number of nitrogens with one attached hydrogen (secondary N) is 1. The largest absolute Gasteiger partial charge is 0.493 e. The van der Waals surface area contributed by atoms with Gasteiger partial charge >= 0.3 is 6.18 Å². The molecule has 0 bridgehead atoms. The molecule has 0 saturated carbocycles. The maximum Gasteiger partial charge on any atom is 0.410 e. The number of nitrogens with zero attached hydrogens (tertiary/aromatic N) is 4. The van der Waals surface area contributed by atoms with E-state index in [2.05, 4.69) is 15.3 Å². The van der Waals surface area contributed by atoms with Crippen LogP contribution in [0.1, 0.15) is 34.4 Å². The molecule has 5 rings (SSSR count). The highest BCUT2D eigenvalue weighted by atomic mass is 35.5. The summed E-state index contributed by atoms with van der Waals surface area (Å²) in [7, 11) is 2.95. The van der Waals surface area contributed by atoms with Crippen LogP contribution in [0.3, 0.4) is 0 Å². The fraction of sp³-hybridized carbons (Fsp3) is 0.385. The van der Waals surface area contributed by atoms with Crippen molar-refractivity contribution < 1.29 is 27.4 Å². The molecule has 0 spiro atoms. The van der Waals surface area contributed by atoms with E-state index in [1.54, 1.807) is 29.2 Å². The van der Waals surface area contributed by atoms with Gasteiger partial charge in [0.15, 0.2) is 17.5 Å². The molecule has 0 radical (unpaired) electrons. The zero-order valence-corrected chi connectivity index (χ0v) is 21.6. The van der Waals surface area contributed by atoms with Crippen LogP contribution in [0.2, 0.25) is 5.02 Å². The predicted molar refractivity (Wildman–Crippen MR) is 137 cm³/mol. The highest BCUT2D eigenvalue weighted by molar-refractivity contribution is 6.30. The van der Waals surface area contributed by atoms with Gasteiger partial charge in [0.2, 0.25) is 0 Å². The second-order valence-electron chi connectivity index (χ2n) is 9.21. The zero-order chi connectivity index (χ0) is 27.0. The number of halogens is 4. The van der Waals surface area contributed by atoms with Crippen molar-refractivity contribution in [3.05, 3.63) is 64.8 Å². The van der Waals surface area contributed by atoms with Crippen LogP contribution in [-0.4, -0.2) is 67.2 Å². The van der Waals surface area contributed by atoms with Gasteiger partial charge in [-0.3, -0.25) is 4.79 Å². The molecule has 2 aliphatic heterocycles.